The summed E-state index contributed by atoms with van der Waals surface area (Å²) in [6.45, 7) is 4.30. The lowest BCUT2D eigenvalue weighted by molar-refractivity contribution is 0.605. The van der Waals surface area contributed by atoms with Crippen molar-refractivity contribution >= 4 is 12.2 Å². The highest BCUT2D eigenvalue weighted by molar-refractivity contribution is 5.57. The molecule has 0 unspecified atom stereocenters. The van der Waals surface area contributed by atoms with E-state index in [-0.39, 0.29) is 5.69 Å². The second-order valence-corrected chi connectivity index (χ2v) is 3.68. The number of aromatic nitrogens is 3. The van der Waals surface area contributed by atoms with Gasteiger partial charge in [0.2, 0.25) is 5.95 Å². The molecule has 0 spiro atoms. The summed E-state index contributed by atoms with van der Waals surface area (Å²) < 4.78 is 1.21. The summed E-state index contributed by atoms with van der Waals surface area (Å²) in [6, 6.07) is 0. The first-order valence-electron chi connectivity index (χ1n) is 5.03. The van der Waals surface area contributed by atoms with E-state index in [1.165, 1.54) is 4.68 Å². The number of nitrogens with zero attached hydrogens (tertiary/aromatic N) is 3. The smallest absolute Gasteiger partial charge is 0.356 e. The van der Waals surface area contributed by atoms with Gasteiger partial charge in [0.05, 0.1) is 0 Å². The predicted octanol–water partition coefficient (Wildman–Crippen LogP) is 0.883. The molecule has 0 aromatic carbocycles. The van der Waals surface area contributed by atoms with E-state index in [9.17, 15) is 4.79 Å². The summed E-state index contributed by atoms with van der Waals surface area (Å²) in [5.41, 5.74) is -0.333. The van der Waals surface area contributed by atoms with E-state index in [2.05, 4.69) is 34.5 Å². The molecule has 0 saturated carbocycles. The topological polar surface area (TPSA) is 75.1 Å². The maximum absolute atomic E-state index is 11.2. The van der Waals surface area contributed by atoms with Crippen LogP contribution in [0.4, 0.5) is 5.95 Å². The minimum Gasteiger partial charge on any atom is -0.356 e. The van der Waals surface area contributed by atoms with Crippen molar-refractivity contribution in [3.8, 4) is 0 Å². The Hall–Kier alpha value is -1.59. The number of nitrogens with one attached hydrogen (secondary N) is 2. The van der Waals surface area contributed by atoms with Gasteiger partial charge >= 0.3 is 5.69 Å². The molecule has 0 amide bonds. The Morgan fingerprint density at radius 3 is 3.00 bits per heavy atom. The number of rotatable bonds is 5. The minimum absolute atomic E-state index is 0.333. The molecule has 6 heteroatoms. The fourth-order valence-corrected chi connectivity index (χ4v) is 1.11. The molecule has 2 N–H and O–H groups in total. The normalized spacial score (nSPS) is 11.5. The van der Waals surface area contributed by atoms with Crippen LogP contribution < -0.4 is 11.0 Å². The Bertz CT molecular complexity index is 376. The van der Waals surface area contributed by atoms with E-state index in [1.54, 1.807) is 13.3 Å². The zero-order valence-corrected chi connectivity index (χ0v) is 9.32. The van der Waals surface area contributed by atoms with Crippen molar-refractivity contribution in [1.29, 1.82) is 0 Å². The monoisotopic (exact) mass is 211 g/mol. The van der Waals surface area contributed by atoms with Crippen molar-refractivity contribution in [2.24, 2.45) is 11.0 Å². The molecule has 0 radical (unpaired) electrons. The Labute approximate surface area is 88.4 Å². The quantitative estimate of drug-likeness (QED) is 0.710. The van der Waals surface area contributed by atoms with Crippen LogP contribution in [0.5, 0.6) is 0 Å². The SMILES string of the molecule is CNc1n[nH]c(=O)n1N=CCCC(C)C. The van der Waals surface area contributed by atoms with Crippen molar-refractivity contribution < 1.29 is 0 Å². The van der Waals surface area contributed by atoms with Crippen molar-refractivity contribution in [2.75, 3.05) is 12.4 Å². The molecule has 0 aliphatic rings. The Kier molecular flexibility index (Phi) is 4.08. The van der Waals surface area contributed by atoms with Gasteiger partial charge in [0.1, 0.15) is 0 Å². The molecule has 1 heterocycles. The summed E-state index contributed by atoms with van der Waals surface area (Å²) >= 11 is 0. The van der Waals surface area contributed by atoms with Crippen LogP contribution in [0, 0.1) is 5.92 Å². The van der Waals surface area contributed by atoms with Crippen LogP contribution >= 0.6 is 0 Å². The van der Waals surface area contributed by atoms with Crippen molar-refractivity contribution in [1.82, 2.24) is 14.9 Å². The van der Waals surface area contributed by atoms with Crippen LogP contribution in [0.3, 0.4) is 0 Å². The van der Waals surface area contributed by atoms with Gasteiger partial charge in [-0.2, -0.15) is 5.10 Å². The van der Waals surface area contributed by atoms with Gasteiger partial charge in [-0.05, 0) is 18.8 Å². The fourth-order valence-electron chi connectivity index (χ4n) is 1.11. The average Bonchev–Trinajstić information content (AvgIpc) is 2.54. The predicted molar refractivity (Wildman–Crippen MR) is 60.4 cm³/mol. The summed E-state index contributed by atoms with van der Waals surface area (Å²) in [5, 5.41) is 12.9. The van der Waals surface area contributed by atoms with Crippen LogP contribution in [0.25, 0.3) is 0 Å². The maximum Gasteiger partial charge on any atom is 0.365 e. The summed E-state index contributed by atoms with van der Waals surface area (Å²) in [5.74, 6) is 1.06. The highest BCUT2D eigenvalue weighted by Gasteiger charge is 2.02. The first-order valence-corrected chi connectivity index (χ1v) is 5.03. The molecule has 0 fully saturated rings. The number of hydrogen-bond acceptors (Lipinski definition) is 4. The number of aromatic amines is 1. The van der Waals surface area contributed by atoms with E-state index in [4.69, 9.17) is 0 Å². The number of hydrogen-bond donors (Lipinski definition) is 2. The molecular formula is C9H17N5O. The largest absolute Gasteiger partial charge is 0.365 e. The molecule has 1 aromatic heterocycles. The minimum atomic E-state index is -0.333. The third-order valence-electron chi connectivity index (χ3n) is 1.94. The molecule has 1 rings (SSSR count). The van der Waals surface area contributed by atoms with E-state index < -0.39 is 0 Å². The molecule has 0 aliphatic carbocycles. The molecule has 0 atom stereocenters. The third-order valence-corrected chi connectivity index (χ3v) is 1.94. The van der Waals surface area contributed by atoms with Gasteiger partial charge in [-0.3, -0.25) is 0 Å². The Morgan fingerprint density at radius 2 is 2.40 bits per heavy atom. The second kappa shape index (κ2) is 5.33. The molecule has 0 saturated heterocycles. The fraction of sp³-hybridized carbons (Fsp3) is 0.667. The van der Waals surface area contributed by atoms with Gasteiger partial charge in [0.25, 0.3) is 0 Å². The van der Waals surface area contributed by atoms with Crippen LogP contribution in [0.15, 0.2) is 9.90 Å². The Balaban J connectivity index is 2.63. The van der Waals surface area contributed by atoms with Crippen molar-refractivity contribution in [2.45, 2.75) is 26.7 Å². The molecule has 6 nitrogen and oxygen atoms in total. The van der Waals surface area contributed by atoms with Crippen LogP contribution in [0.1, 0.15) is 26.7 Å². The standard InChI is InChI=1S/C9H17N5O/c1-7(2)5-4-6-11-14-8(10-3)12-13-9(14)15/h6-7H,4-5H2,1-3H3,(H,10,12)(H,13,15). The maximum atomic E-state index is 11.2. The average molecular weight is 211 g/mol. The molecular weight excluding hydrogens is 194 g/mol. The first-order chi connectivity index (χ1) is 7.15. The van der Waals surface area contributed by atoms with Gasteiger partial charge in [0, 0.05) is 13.3 Å². The van der Waals surface area contributed by atoms with Gasteiger partial charge in [-0.15, -0.1) is 9.77 Å². The van der Waals surface area contributed by atoms with Gasteiger partial charge in [-0.25, -0.2) is 9.89 Å². The zero-order valence-electron chi connectivity index (χ0n) is 9.32. The van der Waals surface area contributed by atoms with Crippen molar-refractivity contribution in [3.63, 3.8) is 0 Å². The van der Waals surface area contributed by atoms with E-state index in [1.807, 2.05) is 0 Å². The number of H-pyrrole nitrogens is 1. The molecule has 15 heavy (non-hydrogen) atoms. The Morgan fingerprint density at radius 1 is 1.67 bits per heavy atom. The first kappa shape index (κ1) is 11.5. The summed E-state index contributed by atoms with van der Waals surface area (Å²) in [7, 11) is 1.69. The van der Waals surface area contributed by atoms with E-state index >= 15 is 0 Å². The van der Waals surface area contributed by atoms with E-state index in [0.717, 1.165) is 12.8 Å². The number of anilines is 1. The van der Waals surface area contributed by atoms with Gasteiger partial charge < -0.3 is 5.32 Å². The zero-order chi connectivity index (χ0) is 11.3. The molecule has 0 bridgehead atoms. The molecule has 1 aromatic rings. The van der Waals surface area contributed by atoms with Gasteiger partial charge in [-0.1, -0.05) is 13.8 Å². The second-order valence-electron chi connectivity index (χ2n) is 3.68. The molecule has 84 valence electrons. The highest BCUT2D eigenvalue weighted by atomic mass is 16.2. The lowest BCUT2D eigenvalue weighted by Gasteiger charge is -1.99. The highest BCUT2D eigenvalue weighted by Crippen LogP contribution is 2.01. The summed E-state index contributed by atoms with van der Waals surface area (Å²) in [4.78, 5) is 11.2. The van der Waals surface area contributed by atoms with Crippen molar-refractivity contribution in [3.05, 3.63) is 10.5 Å². The summed E-state index contributed by atoms with van der Waals surface area (Å²) in [6.07, 6.45) is 3.65. The lowest BCUT2D eigenvalue weighted by atomic mass is 10.1. The van der Waals surface area contributed by atoms with Crippen LogP contribution in [0.2, 0.25) is 0 Å². The van der Waals surface area contributed by atoms with E-state index in [0.29, 0.717) is 11.9 Å². The van der Waals surface area contributed by atoms with Gasteiger partial charge in [0.15, 0.2) is 0 Å². The molecule has 0 aliphatic heterocycles. The third kappa shape index (κ3) is 3.23. The van der Waals surface area contributed by atoms with Crippen LogP contribution in [-0.2, 0) is 0 Å². The lowest BCUT2D eigenvalue weighted by Crippen LogP contribution is -2.14. The van der Waals surface area contributed by atoms with Crippen LogP contribution in [-0.4, -0.2) is 28.1 Å².